The molecule has 31 heavy (non-hydrogen) atoms. The summed E-state index contributed by atoms with van der Waals surface area (Å²) in [5.41, 5.74) is 0.414. The van der Waals surface area contributed by atoms with Crippen molar-refractivity contribution in [2.24, 2.45) is 11.8 Å². The normalized spacial score (nSPS) is 23.5. The molecule has 5 rings (SSSR count). The smallest absolute Gasteiger partial charge is 0.392 e. The Kier molecular flexibility index (Phi) is 5.15. The summed E-state index contributed by atoms with van der Waals surface area (Å²) in [6.45, 7) is 3.51. The number of aryl methyl sites for hydroxylation is 1. The number of nitrogens with zero attached hydrogens (tertiary/aromatic N) is 5. The molecule has 1 aliphatic carbocycles. The molecule has 2 aliphatic rings. The molecule has 7 nitrogen and oxygen atoms in total. The molecule has 4 heterocycles. The predicted molar refractivity (Wildman–Crippen MR) is 112 cm³/mol. The van der Waals surface area contributed by atoms with E-state index >= 15 is 0 Å². The molecule has 3 aromatic rings. The molecule has 0 radical (unpaired) electrons. The first kappa shape index (κ1) is 20.3. The average Bonchev–Trinajstić information content (AvgIpc) is 3.37. The molecule has 1 aliphatic heterocycles. The highest BCUT2D eigenvalue weighted by Gasteiger charge is 2.43. The van der Waals surface area contributed by atoms with E-state index in [1.54, 1.807) is 34.2 Å². The van der Waals surface area contributed by atoms with Gasteiger partial charge in [0.2, 0.25) is 5.95 Å². The Balaban J connectivity index is 1.28. The number of ether oxygens (including phenoxy) is 1. The number of hydrogen-bond acceptors (Lipinski definition) is 7. The molecule has 2 fully saturated rings. The molecule has 11 heteroatoms. The summed E-state index contributed by atoms with van der Waals surface area (Å²) in [5.74, 6) is 1.74. The van der Waals surface area contributed by atoms with Gasteiger partial charge in [-0.3, -0.25) is 0 Å². The van der Waals surface area contributed by atoms with Crippen LogP contribution >= 0.6 is 11.3 Å². The third-order valence-electron chi connectivity index (χ3n) is 6.02. The van der Waals surface area contributed by atoms with E-state index in [0.29, 0.717) is 29.2 Å². The van der Waals surface area contributed by atoms with E-state index in [4.69, 9.17) is 4.74 Å². The number of nitrogens with one attached hydrogen (secondary N) is 1. The maximum atomic E-state index is 12.4. The molecule has 2 bridgehead atoms. The van der Waals surface area contributed by atoms with Gasteiger partial charge >= 0.3 is 6.18 Å². The second kappa shape index (κ2) is 7.85. The van der Waals surface area contributed by atoms with E-state index in [2.05, 4.69) is 25.3 Å². The van der Waals surface area contributed by atoms with Gasteiger partial charge in [0.15, 0.2) is 11.4 Å². The van der Waals surface area contributed by atoms with Gasteiger partial charge in [0.25, 0.3) is 0 Å². The molecular formula is C20H23F3N6OS. The maximum absolute atomic E-state index is 12.4. The fraction of sp³-hybridized carbons (Fsp3) is 0.550. The first-order chi connectivity index (χ1) is 14.9. The lowest BCUT2D eigenvalue weighted by Crippen LogP contribution is -2.48. The van der Waals surface area contributed by atoms with Crippen LogP contribution in [0.3, 0.4) is 0 Å². The van der Waals surface area contributed by atoms with Gasteiger partial charge in [-0.25, -0.2) is 9.50 Å². The van der Waals surface area contributed by atoms with Gasteiger partial charge in [-0.05, 0) is 43.7 Å². The van der Waals surface area contributed by atoms with Gasteiger partial charge in [-0.15, -0.1) is 16.4 Å². The molecule has 1 saturated carbocycles. The van der Waals surface area contributed by atoms with E-state index < -0.39 is 19.2 Å². The fourth-order valence-corrected chi connectivity index (χ4v) is 5.41. The number of thiazole rings is 1. The van der Waals surface area contributed by atoms with Crippen molar-refractivity contribution in [3.05, 3.63) is 29.5 Å². The Hall–Kier alpha value is -2.56. The number of fused-ring (bicyclic) bond motifs is 3. The number of halogens is 3. The Morgan fingerprint density at radius 3 is 2.71 bits per heavy atom. The lowest BCUT2D eigenvalue weighted by molar-refractivity contribution is -0.139. The number of piperidine rings is 1. The van der Waals surface area contributed by atoms with Gasteiger partial charge < -0.3 is 15.0 Å². The summed E-state index contributed by atoms with van der Waals surface area (Å²) in [5, 5.41) is 10.3. The Morgan fingerprint density at radius 2 is 2.03 bits per heavy atom. The molecule has 0 spiro atoms. The van der Waals surface area contributed by atoms with Crippen molar-refractivity contribution in [1.29, 1.82) is 0 Å². The molecule has 166 valence electrons. The van der Waals surface area contributed by atoms with Gasteiger partial charge in [0, 0.05) is 25.3 Å². The van der Waals surface area contributed by atoms with Crippen molar-refractivity contribution in [1.82, 2.24) is 19.6 Å². The summed E-state index contributed by atoms with van der Waals surface area (Å²) in [4.78, 5) is 11.3. The van der Waals surface area contributed by atoms with Crippen molar-refractivity contribution in [2.45, 2.75) is 38.4 Å². The van der Waals surface area contributed by atoms with E-state index in [1.165, 1.54) is 5.00 Å². The molecule has 1 saturated heterocycles. The molecule has 0 amide bonds. The second-order valence-electron chi connectivity index (χ2n) is 8.18. The zero-order chi connectivity index (χ0) is 21.6. The van der Waals surface area contributed by atoms with Crippen molar-refractivity contribution in [3.8, 4) is 5.75 Å². The van der Waals surface area contributed by atoms with Crippen LogP contribution in [0.4, 0.5) is 24.1 Å². The number of aromatic nitrogens is 4. The van der Waals surface area contributed by atoms with Crippen molar-refractivity contribution >= 4 is 27.9 Å². The lowest BCUT2D eigenvalue weighted by atomic mass is 9.92. The SMILES string of the molecule is Cc1ncc(N2CC3CCC(C2)C3Nc2nc3c(OCCC(F)(F)F)cccn3n2)s1. The van der Waals surface area contributed by atoms with Crippen LogP contribution in [0.5, 0.6) is 5.75 Å². The van der Waals surface area contributed by atoms with Crippen LogP contribution in [0.25, 0.3) is 5.65 Å². The fourth-order valence-electron chi connectivity index (χ4n) is 4.62. The Labute approximate surface area is 181 Å². The summed E-state index contributed by atoms with van der Waals surface area (Å²) >= 11 is 1.73. The zero-order valence-electron chi connectivity index (χ0n) is 17.0. The largest absolute Gasteiger partial charge is 0.489 e. The van der Waals surface area contributed by atoms with Crippen LogP contribution in [-0.2, 0) is 0 Å². The number of rotatable bonds is 6. The first-order valence-corrected chi connectivity index (χ1v) is 11.2. The van der Waals surface area contributed by atoms with Crippen LogP contribution in [0.15, 0.2) is 24.5 Å². The van der Waals surface area contributed by atoms with Crippen molar-refractivity contribution in [3.63, 3.8) is 0 Å². The van der Waals surface area contributed by atoms with Crippen LogP contribution in [0.1, 0.15) is 24.3 Å². The van der Waals surface area contributed by atoms with E-state index in [1.807, 2.05) is 13.1 Å². The van der Waals surface area contributed by atoms with Crippen LogP contribution in [-0.4, -0.2) is 51.5 Å². The number of alkyl halides is 3. The van der Waals surface area contributed by atoms with Crippen LogP contribution < -0.4 is 15.0 Å². The Bertz CT molecular complexity index is 1050. The summed E-state index contributed by atoms with van der Waals surface area (Å²) in [7, 11) is 0. The highest BCUT2D eigenvalue weighted by molar-refractivity contribution is 7.15. The number of pyridine rings is 1. The van der Waals surface area contributed by atoms with Crippen molar-refractivity contribution < 1.29 is 17.9 Å². The molecule has 3 aromatic heterocycles. The van der Waals surface area contributed by atoms with E-state index in [-0.39, 0.29) is 6.04 Å². The van der Waals surface area contributed by atoms with Gasteiger partial charge in [0.05, 0.1) is 24.2 Å². The third kappa shape index (κ3) is 4.28. The Morgan fingerprint density at radius 1 is 1.26 bits per heavy atom. The third-order valence-corrected chi connectivity index (χ3v) is 6.99. The maximum Gasteiger partial charge on any atom is 0.392 e. The monoisotopic (exact) mass is 452 g/mol. The number of anilines is 2. The highest BCUT2D eigenvalue weighted by atomic mass is 32.1. The second-order valence-corrected chi connectivity index (χ2v) is 9.39. The minimum Gasteiger partial charge on any atom is -0.489 e. The topological polar surface area (TPSA) is 67.6 Å². The van der Waals surface area contributed by atoms with Crippen LogP contribution in [0.2, 0.25) is 0 Å². The first-order valence-electron chi connectivity index (χ1n) is 10.3. The van der Waals surface area contributed by atoms with Gasteiger partial charge in [-0.1, -0.05) is 0 Å². The average molecular weight is 453 g/mol. The molecule has 2 unspecified atom stereocenters. The summed E-state index contributed by atoms with van der Waals surface area (Å²) in [6, 6.07) is 3.58. The summed E-state index contributed by atoms with van der Waals surface area (Å²) in [6.07, 6.45) is 0.711. The minimum atomic E-state index is -4.25. The standard InChI is InChI=1S/C20H23F3N6OS/c1-12-24-9-16(31-12)28-10-13-4-5-14(11-28)17(13)25-19-26-18-15(3-2-7-29(18)27-19)30-8-6-20(21,22)23/h2-3,7,9,13-14,17H,4-6,8,10-11H2,1H3,(H,25,27). The van der Waals surface area contributed by atoms with Crippen molar-refractivity contribution in [2.75, 3.05) is 29.9 Å². The predicted octanol–water partition coefficient (Wildman–Crippen LogP) is 4.15. The minimum absolute atomic E-state index is 0.275. The van der Waals surface area contributed by atoms with Gasteiger partial charge in [-0.2, -0.15) is 18.2 Å². The van der Waals surface area contributed by atoms with Crippen LogP contribution in [0, 0.1) is 18.8 Å². The number of hydrogen-bond donors (Lipinski definition) is 1. The highest BCUT2D eigenvalue weighted by Crippen LogP contribution is 2.41. The molecule has 1 N–H and O–H groups in total. The molecule has 0 aromatic carbocycles. The van der Waals surface area contributed by atoms with E-state index in [0.717, 1.165) is 30.9 Å². The van der Waals surface area contributed by atoms with Gasteiger partial charge in [0.1, 0.15) is 5.00 Å². The quantitative estimate of drug-likeness (QED) is 0.606. The van der Waals surface area contributed by atoms with E-state index in [9.17, 15) is 13.2 Å². The molecule has 2 atom stereocenters. The summed E-state index contributed by atoms with van der Waals surface area (Å²) < 4.78 is 44.2. The molecular weight excluding hydrogens is 429 g/mol. The zero-order valence-corrected chi connectivity index (χ0v) is 17.8. The lowest BCUT2D eigenvalue weighted by Gasteiger charge is -2.38.